The van der Waals surface area contributed by atoms with E-state index in [1.165, 1.54) is 24.3 Å². The number of carbonyl (C=O) groups excluding carboxylic acids is 3. The van der Waals surface area contributed by atoms with Gasteiger partial charge >= 0.3 is 5.97 Å². The number of ether oxygens (including phenoxy) is 1. The van der Waals surface area contributed by atoms with Crippen LogP contribution in [0.2, 0.25) is 0 Å². The van der Waals surface area contributed by atoms with E-state index in [9.17, 15) is 22.8 Å². The average Bonchev–Trinajstić information content (AvgIpc) is 2.83. The second-order valence-corrected chi connectivity index (χ2v) is 10.2. The maximum absolute atomic E-state index is 12.8. The number of sulfone groups is 1. The number of anilines is 1. The predicted molar refractivity (Wildman–Crippen MR) is 133 cm³/mol. The van der Waals surface area contributed by atoms with Gasteiger partial charge in [-0.1, -0.05) is 54.6 Å². The molecular formula is C26H26N2O6S. The first kappa shape index (κ1) is 25.6. The maximum Gasteiger partial charge on any atom is 0.338 e. The van der Waals surface area contributed by atoms with Crippen molar-refractivity contribution in [3.8, 4) is 0 Å². The van der Waals surface area contributed by atoms with Crippen LogP contribution in [0.25, 0.3) is 0 Å². The summed E-state index contributed by atoms with van der Waals surface area (Å²) in [7, 11) is -3.19. The first-order valence-corrected chi connectivity index (χ1v) is 12.9. The molecule has 0 bridgehead atoms. The Morgan fingerprint density at radius 3 is 2.17 bits per heavy atom. The van der Waals surface area contributed by atoms with E-state index in [1.807, 2.05) is 37.3 Å². The third-order valence-electron chi connectivity index (χ3n) is 5.05. The summed E-state index contributed by atoms with van der Waals surface area (Å²) in [5, 5.41) is 5.51. The Morgan fingerprint density at radius 1 is 0.886 bits per heavy atom. The van der Waals surface area contributed by atoms with Crippen molar-refractivity contribution in [2.75, 3.05) is 18.2 Å². The lowest BCUT2D eigenvalue weighted by atomic mass is 10.1. The number of amides is 2. The van der Waals surface area contributed by atoms with Crippen molar-refractivity contribution in [3.63, 3.8) is 0 Å². The van der Waals surface area contributed by atoms with E-state index in [2.05, 4.69) is 10.6 Å². The first-order valence-electron chi connectivity index (χ1n) is 10.8. The van der Waals surface area contributed by atoms with Gasteiger partial charge in [-0.3, -0.25) is 9.59 Å². The van der Waals surface area contributed by atoms with Crippen LogP contribution in [0.4, 0.5) is 5.69 Å². The van der Waals surface area contributed by atoms with Gasteiger partial charge in [0.15, 0.2) is 16.4 Å². The highest BCUT2D eigenvalue weighted by molar-refractivity contribution is 7.89. The highest BCUT2D eigenvalue weighted by Crippen LogP contribution is 2.18. The van der Waals surface area contributed by atoms with Crippen molar-refractivity contribution in [3.05, 3.63) is 101 Å². The maximum atomic E-state index is 12.8. The molecule has 182 valence electrons. The van der Waals surface area contributed by atoms with Gasteiger partial charge in [-0.2, -0.15) is 0 Å². The average molecular weight is 495 g/mol. The molecule has 3 rings (SSSR count). The Hall–Kier alpha value is -3.98. The summed E-state index contributed by atoms with van der Waals surface area (Å²) < 4.78 is 27.8. The molecule has 3 aromatic rings. The fourth-order valence-electron chi connectivity index (χ4n) is 3.33. The zero-order valence-electron chi connectivity index (χ0n) is 19.4. The molecule has 1 unspecified atom stereocenters. The molecule has 0 spiro atoms. The fourth-order valence-corrected chi connectivity index (χ4v) is 4.13. The van der Waals surface area contributed by atoms with Gasteiger partial charge in [0.25, 0.3) is 11.8 Å². The quantitative estimate of drug-likeness (QED) is 0.440. The van der Waals surface area contributed by atoms with Crippen molar-refractivity contribution >= 4 is 33.3 Å². The van der Waals surface area contributed by atoms with Gasteiger partial charge in [0, 0.05) is 6.26 Å². The van der Waals surface area contributed by atoms with E-state index in [4.69, 9.17) is 4.74 Å². The lowest BCUT2D eigenvalue weighted by molar-refractivity contribution is -0.119. The van der Waals surface area contributed by atoms with Crippen LogP contribution in [0.1, 0.15) is 44.8 Å². The molecule has 0 saturated carbocycles. The third-order valence-corrected chi connectivity index (χ3v) is 5.90. The molecule has 3 aromatic carbocycles. The van der Waals surface area contributed by atoms with Gasteiger partial charge in [-0.15, -0.1) is 0 Å². The topological polar surface area (TPSA) is 119 Å². The molecule has 0 aliphatic rings. The van der Waals surface area contributed by atoms with Crippen LogP contribution in [0.5, 0.6) is 0 Å². The minimum Gasteiger partial charge on any atom is -0.452 e. The lowest BCUT2D eigenvalue weighted by Crippen LogP contribution is -2.28. The summed E-state index contributed by atoms with van der Waals surface area (Å²) in [6, 6.07) is 21.7. The molecular weight excluding hydrogens is 468 g/mol. The Morgan fingerprint density at radius 2 is 1.51 bits per heavy atom. The number of benzene rings is 3. The second kappa shape index (κ2) is 11.4. The molecule has 0 aliphatic carbocycles. The minimum absolute atomic E-state index is 0.137. The van der Waals surface area contributed by atoms with Crippen LogP contribution in [-0.2, 0) is 25.1 Å². The van der Waals surface area contributed by atoms with Crippen LogP contribution >= 0.6 is 0 Å². The number of nitrogens with one attached hydrogen (secondary N) is 2. The van der Waals surface area contributed by atoms with E-state index in [0.29, 0.717) is 5.56 Å². The van der Waals surface area contributed by atoms with Crippen molar-refractivity contribution < 1.29 is 27.5 Å². The summed E-state index contributed by atoms with van der Waals surface area (Å²) in [5.74, 6) is -1.83. The number of para-hydroxylation sites is 1. The Bertz CT molecular complexity index is 1310. The number of rotatable bonds is 9. The summed E-state index contributed by atoms with van der Waals surface area (Å²) >= 11 is 0. The third kappa shape index (κ3) is 7.79. The number of esters is 1. The van der Waals surface area contributed by atoms with Crippen molar-refractivity contribution in [1.29, 1.82) is 0 Å². The van der Waals surface area contributed by atoms with Gasteiger partial charge in [0.2, 0.25) is 0 Å². The first-order chi connectivity index (χ1) is 16.6. The summed E-state index contributed by atoms with van der Waals surface area (Å²) in [6.07, 6.45) is 1.12. The standard InChI is InChI=1S/C26H26N2O6S/c1-18(20-8-4-3-5-9-20)27-25(30)22-10-6-7-11-23(22)28-24(29)16-34-26(31)21-14-12-19(13-15-21)17-35(2,32)33/h3-15,18H,16-17H2,1-2H3,(H,27,30)(H,28,29). The van der Waals surface area contributed by atoms with E-state index < -0.39 is 28.3 Å². The van der Waals surface area contributed by atoms with E-state index in [0.717, 1.165) is 11.8 Å². The Balaban J connectivity index is 1.57. The molecule has 0 aliphatic heterocycles. The van der Waals surface area contributed by atoms with Crippen LogP contribution in [-0.4, -0.2) is 39.1 Å². The predicted octanol–water partition coefficient (Wildman–Crippen LogP) is 3.52. The zero-order chi connectivity index (χ0) is 25.4. The summed E-state index contributed by atoms with van der Waals surface area (Å²) in [4.78, 5) is 37.4. The van der Waals surface area contributed by atoms with Gasteiger partial charge in [-0.05, 0) is 42.3 Å². The molecule has 2 amide bonds. The molecule has 9 heteroatoms. The molecule has 8 nitrogen and oxygen atoms in total. The van der Waals surface area contributed by atoms with Crippen LogP contribution in [0.15, 0.2) is 78.9 Å². The van der Waals surface area contributed by atoms with Crippen molar-refractivity contribution in [2.45, 2.75) is 18.7 Å². The molecule has 1 atom stereocenters. The van der Waals surface area contributed by atoms with Gasteiger partial charge < -0.3 is 15.4 Å². The largest absolute Gasteiger partial charge is 0.452 e. The number of hydrogen-bond donors (Lipinski definition) is 2. The van der Waals surface area contributed by atoms with Crippen LogP contribution in [0, 0.1) is 0 Å². The smallest absolute Gasteiger partial charge is 0.338 e. The molecule has 0 saturated heterocycles. The molecule has 35 heavy (non-hydrogen) atoms. The SMILES string of the molecule is CC(NC(=O)c1ccccc1NC(=O)COC(=O)c1ccc(CS(C)(=O)=O)cc1)c1ccccc1. The summed E-state index contributed by atoms with van der Waals surface area (Å²) in [6.45, 7) is 1.31. The Labute approximate surface area is 204 Å². The van der Waals surface area contributed by atoms with E-state index in [1.54, 1.807) is 24.3 Å². The van der Waals surface area contributed by atoms with Gasteiger partial charge in [-0.25, -0.2) is 13.2 Å². The molecule has 2 N–H and O–H groups in total. The van der Waals surface area contributed by atoms with Gasteiger partial charge in [0.05, 0.1) is 28.6 Å². The second-order valence-electron chi connectivity index (χ2n) is 8.04. The van der Waals surface area contributed by atoms with Crippen molar-refractivity contribution in [2.24, 2.45) is 0 Å². The van der Waals surface area contributed by atoms with Gasteiger partial charge in [0.1, 0.15) is 0 Å². The highest BCUT2D eigenvalue weighted by Gasteiger charge is 2.17. The highest BCUT2D eigenvalue weighted by atomic mass is 32.2. The molecule has 0 fully saturated rings. The lowest BCUT2D eigenvalue weighted by Gasteiger charge is -2.16. The minimum atomic E-state index is -3.19. The van der Waals surface area contributed by atoms with Crippen LogP contribution < -0.4 is 10.6 Å². The molecule has 0 heterocycles. The number of hydrogen-bond acceptors (Lipinski definition) is 6. The summed E-state index contributed by atoms with van der Waals surface area (Å²) in [5.41, 5.74) is 2.23. The number of carbonyl (C=O) groups is 3. The van der Waals surface area contributed by atoms with E-state index in [-0.39, 0.29) is 34.5 Å². The molecule has 0 aromatic heterocycles. The van der Waals surface area contributed by atoms with Crippen molar-refractivity contribution in [1.82, 2.24) is 5.32 Å². The molecule has 0 radical (unpaired) electrons. The Kier molecular flexibility index (Phi) is 8.38. The normalized spacial score (nSPS) is 11.8. The zero-order valence-corrected chi connectivity index (χ0v) is 20.2. The monoisotopic (exact) mass is 494 g/mol. The fraction of sp³-hybridized carbons (Fsp3) is 0.192. The van der Waals surface area contributed by atoms with E-state index >= 15 is 0 Å². The van der Waals surface area contributed by atoms with Crippen LogP contribution in [0.3, 0.4) is 0 Å².